The van der Waals surface area contributed by atoms with E-state index in [9.17, 15) is 14.7 Å². The third-order valence-electron chi connectivity index (χ3n) is 2.08. The second-order valence-corrected chi connectivity index (χ2v) is 4.39. The molecular weight excluding hydrogens is 224 g/mol. The summed E-state index contributed by atoms with van der Waals surface area (Å²) in [6.45, 7) is 7.23. The van der Waals surface area contributed by atoms with Crippen molar-refractivity contribution in [3.63, 3.8) is 0 Å². The van der Waals surface area contributed by atoms with E-state index < -0.39 is 23.5 Å². The number of rotatable bonds is 6. The molecule has 0 aromatic carbocycles. The number of carbonyl (C=O) groups excluding carboxylic acids is 2. The fraction of sp³-hybridized carbons (Fsp3) is 0.818. The summed E-state index contributed by atoms with van der Waals surface area (Å²) in [6, 6.07) is -1.32. The molecule has 0 aromatic rings. The maximum atomic E-state index is 11.9. The second-order valence-electron chi connectivity index (χ2n) is 4.39. The van der Waals surface area contributed by atoms with E-state index in [-0.39, 0.29) is 13.2 Å². The van der Waals surface area contributed by atoms with Gasteiger partial charge in [-0.05, 0) is 27.7 Å². The SMILES string of the molecule is CCOC(=O)C(N)C(=O)N(CC)CC(C)(C)O. The van der Waals surface area contributed by atoms with Gasteiger partial charge in [0, 0.05) is 13.1 Å². The molecule has 0 rings (SSSR count). The Morgan fingerprint density at radius 1 is 1.41 bits per heavy atom. The topological polar surface area (TPSA) is 92.9 Å². The van der Waals surface area contributed by atoms with Gasteiger partial charge in [0.25, 0.3) is 5.91 Å². The quantitative estimate of drug-likeness (QED) is 0.486. The van der Waals surface area contributed by atoms with Gasteiger partial charge in [-0.1, -0.05) is 0 Å². The van der Waals surface area contributed by atoms with E-state index in [1.807, 2.05) is 0 Å². The second kappa shape index (κ2) is 6.56. The van der Waals surface area contributed by atoms with Gasteiger partial charge in [0.15, 0.2) is 6.04 Å². The first kappa shape index (κ1) is 15.9. The van der Waals surface area contributed by atoms with Gasteiger partial charge in [0.05, 0.1) is 12.2 Å². The molecule has 1 atom stereocenters. The predicted octanol–water partition coefficient (Wildman–Crippen LogP) is -0.504. The Bertz CT molecular complexity index is 273. The summed E-state index contributed by atoms with van der Waals surface area (Å²) >= 11 is 0. The van der Waals surface area contributed by atoms with Gasteiger partial charge in [-0.3, -0.25) is 4.79 Å². The number of amides is 1. The highest BCUT2D eigenvalue weighted by molar-refractivity contribution is 6.01. The number of hydrogen-bond donors (Lipinski definition) is 2. The highest BCUT2D eigenvalue weighted by Gasteiger charge is 2.30. The van der Waals surface area contributed by atoms with Crippen LogP contribution in [0.25, 0.3) is 0 Å². The summed E-state index contributed by atoms with van der Waals surface area (Å²) in [4.78, 5) is 24.5. The van der Waals surface area contributed by atoms with Gasteiger partial charge >= 0.3 is 5.97 Å². The molecule has 3 N–H and O–H groups in total. The van der Waals surface area contributed by atoms with Crippen LogP contribution in [0.15, 0.2) is 0 Å². The maximum Gasteiger partial charge on any atom is 0.332 e. The molecule has 0 aliphatic rings. The molecule has 1 unspecified atom stereocenters. The van der Waals surface area contributed by atoms with Crippen molar-refractivity contribution in [3.8, 4) is 0 Å². The standard InChI is InChI=1S/C11H22N2O4/c1-5-13(7-11(3,4)16)9(14)8(12)10(15)17-6-2/h8,16H,5-7,12H2,1-4H3. The van der Waals surface area contributed by atoms with Gasteiger partial charge in [-0.15, -0.1) is 0 Å². The van der Waals surface area contributed by atoms with Crippen molar-refractivity contribution in [2.45, 2.75) is 39.3 Å². The molecule has 17 heavy (non-hydrogen) atoms. The average molecular weight is 246 g/mol. The number of likely N-dealkylation sites (N-methyl/N-ethyl adjacent to an activating group) is 1. The van der Waals surface area contributed by atoms with E-state index in [0.29, 0.717) is 6.54 Å². The van der Waals surface area contributed by atoms with Crippen LogP contribution in [0.2, 0.25) is 0 Å². The van der Waals surface area contributed by atoms with E-state index in [1.165, 1.54) is 4.90 Å². The Labute approximate surface area is 102 Å². The van der Waals surface area contributed by atoms with Crippen molar-refractivity contribution in [1.29, 1.82) is 0 Å². The van der Waals surface area contributed by atoms with Crippen molar-refractivity contribution in [2.75, 3.05) is 19.7 Å². The van der Waals surface area contributed by atoms with E-state index in [2.05, 4.69) is 4.74 Å². The fourth-order valence-electron chi connectivity index (χ4n) is 1.34. The number of nitrogens with two attached hydrogens (primary N) is 1. The normalized spacial score (nSPS) is 13.1. The minimum Gasteiger partial charge on any atom is -0.464 e. The molecule has 6 heteroatoms. The zero-order valence-corrected chi connectivity index (χ0v) is 10.9. The van der Waals surface area contributed by atoms with Crippen LogP contribution >= 0.6 is 0 Å². The minimum absolute atomic E-state index is 0.120. The highest BCUT2D eigenvalue weighted by atomic mass is 16.5. The van der Waals surface area contributed by atoms with Crippen LogP contribution in [0.1, 0.15) is 27.7 Å². The van der Waals surface area contributed by atoms with Gasteiger partial charge < -0.3 is 20.5 Å². The molecule has 0 aromatic heterocycles. The van der Waals surface area contributed by atoms with Crippen LogP contribution < -0.4 is 5.73 Å². The molecule has 1 amide bonds. The molecule has 0 aliphatic carbocycles. The van der Waals surface area contributed by atoms with Gasteiger partial charge in [0.1, 0.15) is 0 Å². The van der Waals surface area contributed by atoms with Crippen molar-refractivity contribution in [3.05, 3.63) is 0 Å². The summed E-state index contributed by atoms with van der Waals surface area (Å²) in [5.74, 6) is -1.28. The highest BCUT2D eigenvalue weighted by Crippen LogP contribution is 2.06. The molecule has 100 valence electrons. The smallest absolute Gasteiger partial charge is 0.332 e. The van der Waals surface area contributed by atoms with Crippen molar-refractivity contribution < 1.29 is 19.4 Å². The van der Waals surface area contributed by atoms with Crippen LogP contribution in [0.3, 0.4) is 0 Å². The number of nitrogens with zero attached hydrogens (tertiary/aromatic N) is 1. The van der Waals surface area contributed by atoms with E-state index in [1.54, 1.807) is 27.7 Å². The molecule has 0 heterocycles. The third kappa shape index (κ3) is 5.65. The first-order chi connectivity index (χ1) is 7.72. The first-order valence-electron chi connectivity index (χ1n) is 5.66. The number of esters is 1. The van der Waals surface area contributed by atoms with Crippen LogP contribution in [0.4, 0.5) is 0 Å². The van der Waals surface area contributed by atoms with Crippen LogP contribution in [0.5, 0.6) is 0 Å². The van der Waals surface area contributed by atoms with E-state index in [4.69, 9.17) is 5.73 Å². The molecule has 0 radical (unpaired) electrons. The van der Waals surface area contributed by atoms with Crippen molar-refractivity contribution in [1.82, 2.24) is 4.90 Å². The Hall–Kier alpha value is -1.14. The van der Waals surface area contributed by atoms with Gasteiger partial charge in [-0.2, -0.15) is 0 Å². The zero-order chi connectivity index (χ0) is 13.6. The lowest BCUT2D eigenvalue weighted by Gasteiger charge is -2.29. The summed E-state index contributed by atoms with van der Waals surface area (Å²) in [6.07, 6.45) is 0. The van der Waals surface area contributed by atoms with Crippen LogP contribution in [-0.4, -0.2) is 53.2 Å². The number of hydrogen-bond acceptors (Lipinski definition) is 5. The lowest BCUT2D eigenvalue weighted by atomic mass is 10.1. The zero-order valence-electron chi connectivity index (χ0n) is 10.9. The molecule has 0 spiro atoms. The monoisotopic (exact) mass is 246 g/mol. The molecule has 0 saturated heterocycles. The molecule has 0 aliphatic heterocycles. The minimum atomic E-state index is -1.32. The van der Waals surface area contributed by atoms with Crippen LogP contribution in [-0.2, 0) is 14.3 Å². The third-order valence-corrected chi connectivity index (χ3v) is 2.08. The molecular formula is C11H22N2O4. The maximum absolute atomic E-state index is 11.9. The van der Waals surface area contributed by atoms with Crippen molar-refractivity contribution >= 4 is 11.9 Å². The number of aliphatic hydroxyl groups is 1. The average Bonchev–Trinajstić information content (AvgIpc) is 2.23. The molecule has 0 fully saturated rings. The van der Waals surface area contributed by atoms with Crippen molar-refractivity contribution in [2.24, 2.45) is 5.73 Å². The predicted molar refractivity (Wildman–Crippen MR) is 63.2 cm³/mol. The Kier molecular flexibility index (Phi) is 6.12. The lowest BCUT2D eigenvalue weighted by molar-refractivity contribution is -0.151. The van der Waals surface area contributed by atoms with E-state index >= 15 is 0 Å². The summed E-state index contributed by atoms with van der Waals surface area (Å²) in [5.41, 5.74) is 4.47. The summed E-state index contributed by atoms with van der Waals surface area (Å²) < 4.78 is 4.68. The molecule has 6 nitrogen and oxygen atoms in total. The Balaban J connectivity index is 4.58. The largest absolute Gasteiger partial charge is 0.464 e. The fourth-order valence-corrected chi connectivity index (χ4v) is 1.34. The summed E-state index contributed by atoms with van der Waals surface area (Å²) in [5, 5.41) is 9.64. The number of carbonyl (C=O) groups is 2. The molecule has 0 bridgehead atoms. The first-order valence-corrected chi connectivity index (χ1v) is 5.66. The molecule has 0 saturated carbocycles. The Morgan fingerprint density at radius 2 is 1.94 bits per heavy atom. The number of ether oxygens (including phenoxy) is 1. The Morgan fingerprint density at radius 3 is 2.29 bits per heavy atom. The van der Waals surface area contributed by atoms with E-state index in [0.717, 1.165) is 0 Å². The van der Waals surface area contributed by atoms with Gasteiger partial charge in [-0.25, -0.2) is 4.79 Å². The van der Waals surface area contributed by atoms with Crippen LogP contribution in [0, 0.1) is 0 Å². The summed E-state index contributed by atoms with van der Waals surface area (Å²) in [7, 11) is 0. The lowest BCUT2D eigenvalue weighted by Crippen LogP contribution is -2.52. The van der Waals surface area contributed by atoms with Gasteiger partial charge in [0.2, 0.25) is 0 Å².